The zero-order chi connectivity index (χ0) is 10.7. The van der Waals surface area contributed by atoms with Crippen molar-refractivity contribution >= 4 is 28.6 Å². The summed E-state index contributed by atoms with van der Waals surface area (Å²) in [5, 5.41) is 8.59. The SMILES string of the molecule is O=C(O)c1ccc(OC(F)F)c(I)c1. The van der Waals surface area contributed by atoms with Crippen LogP contribution in [0.1, 0.15) is 10.4 Å². The third kappa shape index (κ3) is 2.79. The Labute approximate surface area is 91.8 Å². The molecule has 1 rings (SSSR count). The normalized spacial score (nSPS) is 10.3. The van der Waals surface area contributed by atoms with E-state index in [1.165, 1.54) is 18.2 Å². The Bertz CT molecular complexity index is 354. The monoisotopic (exact) mass is 314 g/mol. The van der Waals surface area contributed by atoms with Gasteiger partial charge in [-0.3, -0.25) is 0 Å². The molecule has 0 radical (unpaired) electrons. The highest BCUT2D eigenvalue weighted by molar-refractivity contribution is 14.1. The lowest BCUT2D eigenvalue weighted by atomic mass is 10.2. The van der Waals surface area contributed by atoms with Crippen molar-refractivity contribution < 1.29 is 23.4 Å². The largest absolute Gasteiger partial charge is 0.478 e. The number of halogens is 3. The second kappa shape index (κ2) is 4.54. The minimum Gasteiger partial charge on any atom is -0.478 e. The van der Waals surface area contributed by atoms with Crippen molar-refractivity contribution in [1.29, 1.82) is 0 Å². The Kier molecular flexibility index (Phi) is 3.62. The number of aromatic carboxylic acids is 1. The van der Waals surface area contributed by atoms with Crippen LogP contribution in [0.3, 0.4) is 0 Å². The molecule has 0 atom stereocenters. The molecule has 1 N–H and O–H groups in total. The Balaban J connectivity index is 2.95. The number of hydrogen-bond acceptors (Lipinski definition) is 2. The molecular formula is C8H5F2IO3. The van der Waals surface area contributed by atoms with E-state index in [0.29, 0.717) is 3.57 Å². The smallest absolute Gasteiger partial charge is 0.387 e. The summed E-state index contributed by atoms with van der Waals surface area (Å²) >= 11 is 1.73. The van der Waals surface area contributed by atoms with E-state index in [9.17, 15) is 13.6 Å². The molecule has 6 heteroatoms. The molecule has 76 valence electrons. The molecular weight excluding hydrogens is 309 g/mol. The molecule has 0 saturated carbocycles. The maximum atomic E-state index is 11.8. The summed E-state index contributed by atoms with van der Waals surface area (Å²) in [4.78, 5) is 10.5. The molecule has 1 aromatic carbocycles. The maximum absolute atomic E-state index is 11.8. The van der Waals surface area contributed by atoms with E-state index in [4.69, 9.17) is 5.11 Å². The summed E-state index contributed by atoms with van der Waals surface area (Å²) in [7, 11) is 0. The highest BCUT2D eigenvalue weighted by atomic mass is 127. The van der Waals surface area contributed by atoms with Crippen LogP contribution in [0.15, 0.2) is 18.2 Å². The van der Waals surface area contributed by atoms with Crippen molar-refractivity contribution in [1.82, 2.24) is 0 Å². The van der Waals surface area contributed by atoms with Crippen molar-refractivity contribution in [3.05, 3.63) is 27.3 Å². The zero-order valence-corrected chi connectivity index (χ0v) is 8.86. The van der Waals surface area contributed by atoms with Gasteiger partial charge in [0.1, 0.15) is 5.75 Å². The maximum Gasteiger partial charge on any atom is 0.387 e. The third-order valence-electron chi connectivity index (χ3n) is 1.39. The van der Waals surface area contributed by atoms with Crippen LogP contribution in [0, 0.1) is 3.57 Å². The molecule has 0 unspecified atom stereocenters. The molecule has 0 amide bonds. The first-order valence-electron chi connectivity index (χ1n) is 3.48. The number of hydrogen-bond donors (Lipinski definition) is 1. The summed E-state index contributed by atoms with van der Waals surface area (Å²) in [5.41, 5.74) is 0.0380. The Morgan fingerprint density at radius 1 is 1.50 bits per heavy atom. The summed E-state index contributed by atoms with van der Waals surface area (Å²) < 4.78 is 28.1. The van der Waals surface area contributed by atoms with Crippen LogP contribution in [0.4, 0.5) is 8.78 Å². The minimum absolute atomic E-state index is 0.0226. The van der Waals surface area contributed by atoms with Crippen molar-refractivity contribution in [3.63, 3.8) is 0 Å². The van der Waals surface area contributed by atoms with Crippen LogP contribution in [-0.2, 0) is 0 Å². The van der Waals surface area contributed by atoms with Gasteiger partial charge in [0.2, 0.25) is 0 Å². The van der Waals surface area contributed by atoms with E-state index in [-0.39, 0.29) is 11.3 Å². The number of carbonyl (C=O) groups is 1. The van der Waals surface area contributed by atoms with Crippen LogP contribution < -0.4 is 4.74 Å². The summed E-state index contributed by atoms with van der Waals surface area (Å²) in [6.45, 7) is -2.90. The predicted octanol–water partition coefficient (Wildman–Crippen LogP) is 2.59. The lowest BCUT2D eigenvalue weighted by Crippen LogP contribution is -2.04. The number of rotatable bonds is 3. The molecule has 0 aromatic heterocycles. The number of benzene rings is 1. The molecule has 3 nitrogen and oxygen atoms in total. The van der Waals surface area contributed by atoms with Gasteiger partial charge >= 0.3 is 12.6 Å². The fourth-order valence-corrected chi connectivity index (χ4v) is 1.47. The molecule has 0 aliphatic rings. The van der Waals surface area contributed by atoms with E-state index in [1.54, 1.807) is 22.6 Å². The van der Waals surface area contributed by atoms with Crippen LogP contribution in [0.2, 0.25) is 0 Å². The van der Waals surface area contributed by atoms with Gasteiger partial charge in [0.05, 0.1) is 9.13 Å². The molecule has 0 heterocycles. The van der Waals surface area contributed by atoms with Crippen molar-refractivity contribution in [2.75, 3.05) is 0 Å². The van der Waals surface area contributed by atoms with Crippen LogP contribution in [0.25, 0.3) is 0 Å². The molecule has 0 saturated heterocycles. The van der Waals surface area contributed by atoms with E-state index >= 15 is 0 Å². The Morgan fingerprint density at radius 3 is 2.57 bits per heavy atom. The van der Waals surface area contributed by atoms with Gasteiger partial charge in [-0.25, -0.2) is 4.79 Å². The first-order chi connectivity index (χ1) is 6.50. The van der Waals surface area contributed by atoms with Crippen molar-refractivity contribution in [3.8, 4) is 5.75 Å². The number of carboxylic acid groups (broad SMARTS) is 1. The zero-order valence-electron chi connectivity index (χ0n) is 6.71. The lowest BCUT2D eigenvalue weighted by Gasteiger charge is -2.06. The van der Waals surface area contributed by atoms with Crippen molar-refractivity contribution in [2.45, 2.75) is 6.61 Å². The summed E-state index contributed by atoms with van der Waals surface area (Å²) in [6, 6.07) is 3.68. The summed E-state index contributed by atoms with van der Waals surface area (Å²) in [6.07, 6.45) is 0. The second-order valence-electron chi connectivity index (χ2n) is 2.33. The fraction of sp³-hybridized carbons (Fsp3) is 0.125. The fourth-order valence-electron chi connectivity index (χ4n) is 0.825. The topological polar surface area (TPSA) is 46.5 Å². The van der Waals surface area contributed by atoms with Gasteiger partial charge in [-0.15, -0.1) is 0 Å². The van der Waals surface area contributed by atoms with Gasteiger partial charge in [-0.2, -0.15) is 8.78 Å². The minimum atomic E-state index is -2.90. The van der Waals surface area contributed by atoms with Gasteiger partial charge in [0, 0.05) is 0 Å². The average Bonchev–Trinajstić information content (AvgIpc) is 2.07. The van der Waals surface area contributed by atoms with Crippen LogP contribution >= 0.6 is 22.6 Å². The standard InChI is InChI=1S/C8H5F2IO3/c9-8(10)14-6-2-1-4(7(12)13)3-5(6)11/h1-3,8H,(H,12,13). The van der Waals surface area contributed by atoms with Gasteiger partial charge in [-0.1, -0.05) is 0 Å². The third-order valence-corrected chi connectivity index (χ3v) is 2.24. The Morgan fingerprint density at radius 2 is 2.14 bits per heavy atom. The number of ether oxygens (including phenoxy) is 1. The highest BCUT2D eigenvalue weighted by Gasteiger charge is 2.10. The second-order valence-corrected chi connectivity index (χ2v) is 3.49. The van der Waals surface area contributed by atoms with Gasteiger partial charge in [0.15, 0.2) is 0 Å². The Hall–Kier alpha value is -0.920. The molecule has 0 spiro atoms. The molecule has 0 bridgehead atoms. The highest BCUT2D eigenvalue weighted by Crippen LogP contribution is 2.23. The molecule has 1 aromatic rings. The quantitative estimate of drug-likeness (QED) is 0.873. The molecule has 0 aliphatic heterocycles. The van der Waals surface area contributed by atoms with E-state index in [1.807, 2.05) is 0 Å². The van der Waals surface area contributed by atoms with Gasteiger partial charge < -0.3 is 9.84 Å². The molecule has 0 aliphatic carbocycles. The predicted molar refractivity (Wildman–Crippen MR) is 52.8 cm³/mol. The van der Waals surface area contributed by atoms with E-state index in [0.717, 1.165) is 0 Å². The summed E-state index contributed by atoms with van der Waals surface area (Å²) in [5.74, 6) is -1.13. The van der Waals surface area contributed by atoms with E-state index < -0.39 is 12.6 Å². The molecule has 0 fully saturated rings. The number of alkyl halides is 2. The average molecular weight is 314 g/mol. The molecule has 14 heavy (non-hydrogen) atoms. The van der Waals surface area contributed by atoms with Crippen LogP contribution in [0.5, 0.6) is 5.75 Å². The van der Waals surface area contributed by atoms with Gasteiger partial charge in [-0.05, 0) is 40.8 Å². The van der Waals surface area contributed by atoms with Crippen LogP contribution in [-0.4, -0.2) is 17.7 Å². The lowest BCUT2D eigenvalue weighted by molar-refractivity contribution is -0.0504. The van der Waals surface area contributed by atoms with E-state index in [2.05, 4.69) is 4.74 Å². The number of carboxylic acids is 1. The van der Waals surface area contributed by atoms with Gasteiger partial charge in [0.25, 0.3) is 0 Å². The first-order valence-corrected chi connectivity index (χ1v) is 4.56. The van der Waals surface area contributed by atoms with Crippen molar-refractivity contribution in [2.24, 2.45) is 0 Å². The first kappa shape index (κ1) is 11.2.